The second-order valence-corrected chi connectivity index (χ2v) is 4.38. The number of hydrogen-bond donors (Lipinski definition) is 2. The van der Waals surface area contributed by atoms with Crippen LogP contribution in [0.5, 0.6) is 0 Å². The van der Waals surface area contributed by atoms with Crippen molar-refractivity contribution in [3.63, 3.8) is 0 Å². The topological polar surface area (TPSA) is 76.7 Å². The summed E-state index contributed by atoms with van der Waals surface area (Å²) in [6.45, 7) is 0.712. The third kappa shape index (κ3) is 2.59. The molecule has 0 aliphatic heterocycles. The van der Waals surface area contributed by atoms with Crippen LogP contribution in [0.1, 0.15) is 5.01 Å². The van der Waals surface area contributed by atoms with Crippen LogP contribution in [0.3, 0.4) is 0 Å². The fraction of sp³-hybridized carbons (Fsp3) is 0.222. The first-order valence-electron chi connectivity index (χ1n) is 4.65. The number of nitrogens with two attached hydrogens (primary N) is 1. The zero-order chi connectivity index (χ0) is 11.4. The predicted octanol–water partition coefficient (Wildman–Crippen LogP) is 1.82. The lowest BCUT2D eigenvalue weighted by atomic mass is 10.4. The molecule has 2 aromatic heterocycles. The Morgan fingerprint density at radius 2 is 2.25 bits per heavy atom. The molecule has 0 fully saturated rings. The highest BCUT2D eigenvalue weighted by Gasteiger charge is 2.05. The molecule has 0 aromatic carbocycles. The highest BCUT2D eigenvalue weighted by Crippen LogP contribution is 2.22. The van der Waals surface area contributed by atoms with E-state index in [1.807, 2.05) is 5.38 Å². The van der Waals surface area contributed by atoms with Crippen molar-refractivity contribution in [2.75, 3.05) is 17.6 Å². The summed E-state index contributed by atoms with van der Waals surface area (Å²) in [5.41, 5.74) is 5.55. The van der Waals surface area contributed by atoms with Gasteiger partial charge in [0.25, 0.3) is 0 Å². The number of nitrogens with zero attached hydrogens (tertiary/aromatic N) is 3. The first kappa shape index (κ1) is 11.1. The van der Waals surface area contributed by atoms with Gasteiger partial charge in [-0.15, -0.1) is 11.3 Å². The molecule has 0 saturated heterocycles. The monoisotopic (exact) mass is 255 g/mol. The summed E-state index contributed by atoms with van der Waals surface area (Å²) in [6, 6.07) is 0. The van der Waals surface area contributed by atoms with E-state index in [-0.39, 0.29) is 5.82 Å². The maximum atomic E-state index is 5.93. The fourth-order valence-corrected chi connectivity index (χ4v) is 1.96. The Kier molecular flexibility index (Phi) is 3.53. The summed E-state index contributed by atoms with van der Waals surface area (Å²) in [7, 11) is 0. The quantitative estimate of drug-likeness (QED) is 0.872. The molecular formula is C9H10ClN5S. The lowest BCUT2D eigenvalue weighted by molar-refractivity contribution is 0.983. The first-order valence-corrected chi connectivity index (χ1v) is 5.91. The Morgan fingerprint density at radius 1 is 1.38 bits per heavy atom. The van der Waals surface area contributed by atoms with Gasteiger partial charge in [-0.1, -0.05) is 11.6 Å². The summed E-state index contributed by atoms with van der Waals surface area (Å²) >= 11 is 7.55. The van der Waals surface area contributed by atoms with Crippen molar-refractivity contribution in [3.05, 3.63) is 27.9 Å². The molecule has 0 radical (unpaired) electrons. The molecule has 0 amide bonds. The largest absolute Gasteiger partial charge is 0.382 e. The third-order valence-electron chi connectivity index (χ3n) is 1.93. The number of halogens is 1. The Hall–Kier alpha value is -1.40. The van der Waals surface area contributed by atoms with Gasteiger partial charge in [0.1, 0.15) is 23.0 Å². The number of hydrogen-bond acceptors (Lipinski definition) is 6. The Bertz CT molecular complexity index is 459. The Morgan fingerprint density at radius 3 is 3.00 bits per heavy atom. The highest BCUT2D eigenvalue weighted by atomic mass is 35.5. The molecule has 0 saturated carbocycles. The Labute approximate surface area is 102 Å². The van der Waals surface area contributed by atoms with E-state index in [1.54, 1.807) is 17.5 Å². The maximum Gasteiger partial charge on any atom is 0.150 e. The third-order valence-corrected chi connectivity index (χ3v) is 3.14. The minimum Gasteiger partial charge on any atom is -0.382 e. The van der Waals surface area contributed by atoms with Gasteiger partial charge in [-0.3, -0.25) is 0 Å². The average molecular weight is 256 g/mol. The van der Waals surface area contributed by atoms with Crippen molar-refractivity contribution >= 4 is 34.6 Å². The van der Waals surface area contributed by atoms with Gasteiger partial charge in [-0.05, 0) is 0 Å². The lowest BCUT2D eigenvalue weighted by Crippen LogP contribution is -2.08. The number of anilines is 2. The van der Waals surface area contributed by atoms with Crippen LogP contribution in [0, 0.1) is 0 Å². The van der Waals surface area contributed by atoms with Crippen molar-refractivity contribution in [2.45, 2.75) is 6.42 Å². The lowest BCUT2D eigenvalue weighted by Gasteiger charge is -2.06. The van der Waals surface area contributed by atoms with Gasteiger partial charge in [-0.25, -0.2) is 15.0 Å². The summed E-state index contributed by atoms with van der Waals surface area (Å²) in [5.74, 6) is 0.846. The summed E-state index contributed by atoms with van der Waals surface area (Å²) in [4.78, 5) is 12.0. The van der Waals surface area contributed by atoms with Gasteiger partial charge in [0, 0.05) is 24.5 Å². The van der Waals surface area contributed by atoms with Gasteiger partial charge in [0.05, 0.1) is 5.01 Å². The molecule has 2 heterocycles. The standard InChI is InChI=1S/C9H10ClN5S/c10-7-8(11)14-5-15-9(7)13-2-1-6-12-3-4-16-6/h3-5H,1-2H2,(H3,11,13,14,15). The minimum atomic E-state index is 0.286. The predicted molar refractivity (Wildman–Crippen MR) is 65.8 cm³/mol. The molecule has 2 rings (SSSR count). The number of aromatic nitrogens is 3. The van der Waals surface area contributed by atoms with Crippen LogP contribution < -0.4 is 11.1 Å². The van der Waals surface area contributed by atoms with Crippen LogP contribution >= 0.6 is 22.9 Å². The van der Waals surface area contributed by atoms with Crippen LogP contribution in [-0.2, 0) is 6.42 Å². The number of thiazole rings is 1. The van der Waals surface area contributed by atoms with E-state index in [1.165, 1.54) is 6.33 Å². The smallest absolute Gasteiger partial charge is 0.150 e. The van der Waals surface area contributed by atoms with Gasteiger partial charge in [0.2, 0.25) is 0 Å². The van der Waals surface area contributed by atoms with E-state index >= 15 is 0 Å². The van der Waals surface area contributed by atoms with E-state index in [0.717, 1.165) is 11.4 Å². The number of nitrogens with one attached hydrogen (secondary N) is 1. The van der Waals surface area contributed by atoms with Crippen molar-refractivity contribution in [1.82, 2.24) is 15.0 Å². The SMILES string of the molecule is Nc1ncnc(NCCc2nccs2)c1Cl. The van der Waals surface area contributed by atoms with E-state index in [2.05, 4.69) is 20.3 Å². The van der Waals surface area contributed by atoms with Gasteiger partial charge < -0.3 is 11.1 Å². The van der Waals surface area contributed by atoms with Gasteiger partial charge in [0.15, 0.2) is 0 Å². The normalized spacial score (nSPS) is 10.3. The molecule has 0 spiro atoms. The van der Waals surface area contributed by atoms with Crippen molar-refractivity contribution in [1.29, 1.82) is 0 Å². The van der Waals surface area contributed by atoms with Crippen LogP contribution in [0.25, 0.3) is 0 Å². The molecule has 2 aromatic rings. The molecule has 5 nitrogen and oxygen atoms in total. The molecule has 7 heteroatoms. The molecule has 0 aliphatic carbocycles. The number of nitrogen functional groups attached to an aromatic ring is 1. The molecule has 3 N–H and O–H groups in total. The molecule has 0 unspecified atom stereocenters. The molecular weight excluding hydrogens is 246 g/mol. The van der Waals surface area contributed by atoms with Gasteiger partial charge in [-0.2, -0.15) is 0 Å². The van der Waals surface area contributed by atoms with Crippen LogP contribution in [0.4, 0.5) is 11.6 Å². The summed E-state index contributed by atoms with van der Waals surface area (Å²) in [6.07, 6.45) is 4.00. The first-order chi connectivity index (χ1) is 7.77. The molecule has 0 bridgehead atoms. The molecule has 0 atom stereocenters. The van der Waals surface area contributed by atoms with E-state index in [0.29, 0.717) is 17.4 Å². The maximum absolute atomic E-state index is 5.93. The molecule has 0 aliphatic rings. The minimum absolute atomic E-state index is 0.286. The zero-order valence-electron chi connectivity index (χ0n) is 8.35. The fourth-order valence-electron chi connectivity index (χ4n) is 1.17. The van der Waals surface area contributed by atoms with Crippen LogP contribution in [-0.4, -0.2) is 21.5 Å². The molecule has 84 valence electrons. The summed E-state index contributed by atoms with van der Waals surface area (Å²) in [5, 5.41) is 6.48. The van der Waals surface area contributed by atoms with E-state index in [9.17, 15) is 0 Å². The van der Waals surface area contributed by atoms with E-state index in [4.69, 9.17) is 17.3 Å². The summed E-state index contributed by atoms with van der Waals surface area (Å²) < 4.78 is 0. The van der Waals surface area contributed by atoms with Crippen molar-refractivity contribution in [3.8, 4) is 0 Å². The average Bonchev–Trinajstić information content (AvgIpc) is 2.77. The highest BCUT2D eigenvalue weighted by molar-refractivity contribution is 7.09. The van der Waals surface area contributed by atoms with Crippen LogP contribution in [0.15, 0.2) is 17.9 Å². The van der Waals surface area contributed by atoms with Gasteiger partial charge >= 0.3 is 0 Å². The molecule has 16 heavy (non-hydrogen) atoms. The second-order valence-electron chi connectivity index (χ2n) is 3.02. The van der Waals surface area contributed by atoms with Crippen molar-refractivity contribution < 1.29 is 0 Å². The zero-order valence-corrected chi connectivity index (χ0v) is 9.92. The second kappa shape index (κ2) is 5.09. The number of rotatable bonds is 4. The van der Waals surface area contributed by atoms with Crippen LogP contribution in [0.2, 0.25) is 5.02 Å². The van der Waals surface area contributed by atoms with Crippen molar-refractivity contribution in [2.24, 2.45) is 0 Å². The Balaban J connectivity index is 1.92. The van der Waals surface area contributed by atoms with E-state index < -0.39 is 0 Å².